The van der Waals surface area contributed by atoms with Gasteiger partial charge in [0.2, 0.25) is 8.32 Å². The minimum atomic E-state index is -1.96. The van der Waals surface area contributed by atoms with E-state index in [0.29, 0.717) is 17.0 Å². The Labute approximate surface area is 257 Å². The van der Waals surface area contributed by atoms with E-state index in [9.17, 15) is 9.90 Å². The summed E-state index contributed by atoms with van der Waals surface area (Å²) >= 11 is 6.18. The van der Waals surface area contributed by atoms with Gasteiger partial charge in [-0.25, -0.2) is 4.79 Å². The monoisotopic (exact) mass is 607 g/mol. The van der Waals surface area contributed by atoms with Gasteiger partial charge in [-0.3, -0.25) is 0 Å². The van der Waals surface area contributed by atoms with Gasteiger partial charge in [0.05, 0.1) is 12.6 Å². The Morgan fingerprint density at radius 1 is 0.976 bits per heavy atom. The third-order valence-electron chi connectivity index (χ3n) is 8.43. The molecule has 7 heteroatoms. The van der Waals surface area contributed by atoms with Gasteiger partial charge in [0.1, 0.15) is 11.4 Å². The quantitative estimate of drug-likeness (QED) is 0.272. The van der Waals surface area contributed by atoms with Gasteiger partial charge < -0.3 is 19.2 Å². The fourth-order valence-electron chi connectivity index (χ4n) is 5.07. The number of halogens is 1. The Balaban J connectivity index is 1.59. The second kappa shape index (κ2) is 12.4. The number of benzene rings is 3. The first-order valence-corrected chi connectivity index (χ1v) is 18.2. The normalized spacial score (nSPS) is 16.4. The van der Waals surface area contributed by atoms with E-state index in [2.05, 4.69) is 70.3 Å². The number of rotatable bonds is 7. The maximum absolute atomic E-state index is 13.5. The summed E-state index contributed by atoms with van der Waals surface area (Å²) in [5.74, 6) is 0.904. The zero-order valence-electron chi connectivity index (χ0n) is 26.3. The molecule has 0 aliphatic heterocycles. The van der Waals surface area contributed by atoms with Crippen LogP contribution in [0, 0.1) is 0 Å². The highest BCUT2D eigenvalue weighted by Crippen LogP contribution is 2.38. The summed E-state index contributed by atoms with van der Waals surface area (Å²) < 4.78 is 12.4. The molecule has 3 aromatic rings. The molecule has 0 saturated carbocycles. The molecule has 0 radical (unpaired) electrons. The van der Waals surface area contributed by atoms with Crippen LogP contribution >= 0.6 is 11.6 Å². The molecule has 1 N–H and O–H groups in total. The first kappa shape index (κ1) is 32.1. The van der Waals surface area contributed by atoms with Crippen molar-refractivity contribution in [3.63, 3.8) is 0 Å². The van der Waals surface area contributed by atoms with Crippen molar-refractivity contribution in [2.75, 3.05) is 6.54 Å². The van der Waals surface area contributed by atoms with Gasteiger partial charge in [0.25, 0.3) is 0 Å². The lowest BCUT2D eigenvalue weighted by Crippen LogP contribution is -2.47. The number of ether oxygens (including phenoxy) is 1. The number of amides is 1. The number of nitrogens with zero attached hydrogens (tertiary/aromatic N) is 1. The predicted octanol–water partition coefficient (Wildman–Crippen LogP) is 9.22. The number of aryl methyl sites for hydroxylation is 1. The zero-order chi connectivity index (χ0) is 30.9. The topological polar surface area (TPSA) is 59.0 Å². The van der Waals surface area contributed by atoms with Crippen molar-refractivity contribution in [1.82, 2.24) is 4.90 Å². The average Bonchev–Trinajstić information content (AvgIpc) is 2.89. The van der Waals surface area contributed by atoms with E-state index in [0.717, 1.165) is 29.7 Å². The number of aliphatic hydroxyl groups is 1. The summed E-state index contributed by atoms with van der Waals surface area (Å²) in [6.45, 7) is 17.0. The molecule has 1 aliphatic carbocycles. The predicted molar refractivity (Wildman–Crippen MR) is 175 cm³/mol. The summed E-state index contributed by atoms with van der Waals surface area (Å²) in [4.78, 5) is 15.2. The van der Waals surface area contributed by atoms with E-state index in [-0.39, 0.29) is 17.6 Å². The average molecular weight is 608 g/mol. The largest absolute Gasteiger partial charge is 0.543 e. The minimum absolute atomic E-state index is 0.107. The Kier molecular flexibility index (Phi) is 9.51. The van der Waals surface area contributed by atoms with E-state index in [4.69, 9.17) is 20.8 Å². The molecule has 1 aliphatic rings. The number of fused-ring (bicyclic) bond motifs is 1. The van der Waals surface area contributed by atoms with Gasteiger partial charge in [-0.1, -0.05) is 74.8 Å². The fraction of sp³-hybridized carbons (Fsp3) is 0.457. The van der Waals surface area contributed by atoms with E-state index in [1.165, 1.54) is 11.1 Å². The van der Waals surface area contributed by atoms with Gasteiger partial charge in [-0.15, -0.1) is 0 Å². The molecule has 3 aromatic carbocycles. The lowest BCUT2D eigenvalue weighted by atomic mass is 9.85. The molecule has 1 amide bonds. The molecular formula is C35H46ClNO4Si. The van der Waals surface area contributed by atoms with Gasteiger partial charge in [0.15, 0.2) is 0 Å². The van der Waals surface area contributed by atoms with Crippen LogP contribution < -0.4 is 4.43 Å². The summed E-state index contributed by atoms with van der Waals surface area (Å²) in [6, 6.07) is 22.0. The molecule has 0 bridgehead atoms. The first-order valence-electron chi connectivity index (χ1n) is 14.9. The molecule has 4 rings (SSSR count). The molecule has 0 heterocycles. The van der Waals surface area contributed by atoms with Gasteiger partial charge in [-0.05, 0) is 110 Å². The third kappa shape index (κ3) is 7.97. The number of hydrogen-bond donors (Lipinski definition) is 1. The number of carbonyl (C=O) groups is 1. The fourth-order valence-corrected chi connectivity index (χ4v) is 6.29. The molecule has 0 saturated heterocycles. The highest BCUT2D eigenvalue weighted by Gasteiger charge is 2.39. The van der Waals surface area contributed by atoms with Crippen molar-refractivity contribution < 1.29 is 19.1 Å². The molecule has 226 valence electrons. The highest BCUT2D eigenvalue weighted by atomic mass is 35.5. The first-order chi connectivity index (χ1) is 19.5. The van der Waals surface area contributed by atoms with Crippen molar-refractivity contribution >= 4 is 26.0 Å². The number of aliphatic hydroxyl groups excluding tert-OH is 1. The molecule has 42 heavy (non-hydrogen) atoms. The van der Waals surface area contributed by atoms with E-state index < -0.39 is 26.1 Å². The van der Waals surface area contributed by atoms with Crippen molar-refractivity contribution in [3.8, 4) is 16.9 Å². The number of carbonyl (C=O) groups excluding carboxylic acids is 1. The molecule has 2 atom stereocenters. The van der Waals surface area contributed by atoms with Crippen LogP contribution in [0.1, 0.15) is 70.8 Å². The van der Waals surface area contributed by atoms with Crippen LogP contribution in [0.5, 0.6) is 5.75 Å². The zero-order valence-corrected chi connectivity index (χ0v) is 28.1. The van der Waals surface area contributed by atoms with Crippen LogP contribution in [0.3, 0.4) is 0 Å². The molecule has 0 spiro atoms. The van der Waals surface area contributed by atoms with Gasteiger partial charge in [0, 0.05) is 11.1 Å². The Morgan fingerprint density at radius 2 is 1.67 bits per heavy atom. The molecule has 0 aromatic heterocycles. The van der Waals surface area contributed by atoms with Crippen LogP contribution in [0.25, 0.3) is 11.1 Å². The summed E-state index contributed by atoms with van der Waals surface area (Å²) in [6.07, 6.45) is 1.03. The summed E-state index contributed by atoms with van der Waals surface area (Å²) in [7, 11) is -1.96. The van der Waals surface area contributed by atoms with Gasteiger partial charge in [-0.2, -0.15) is 0 Å². The summed E-state index contributed by atoms with van der Waals surface area (Å²) in [5.41, 5.74) is 4.77. The van der Waals surface area contributed by atoms with Crippen molar-refractivity contribution in [1.29, 1.82) is 0 Å². The second-order valence-electron chi connectivity index (χ2n) is 14.0. The van der Waals surface area contributed by atoms with Crippen molar-refractivity contribution in [3.05, 3.63) is 88.4 Å². The maximum atomic E-state index is 13.5. The Morgan fingerprint density at radius 3 is 2.33 bits per heavy atom. The second-order valence-corrected chi connectivity index (χ2v) is 19.1. The maximum Gasteiger partial charge on any atom is 0.410 e. The van der Waals surface area contributed by atoms with Crippen LogP contribution in [0.4, 0.5) is 4.79 Å². The number of hydrogen-bond acceptors (Lipinski definition) is 4. The van der Waals surface area contributed by atoms with Crippen molar-refractivity contribution in [2.24, 2.45) is 0 Å². The SMILES string of the molecule is CC(C)(C)OC(=O)N(CC(O)c1cccc(Cl)c1)C1CCc2ccc(-c3cccc(O[Si](C)(C)C(C)(C)C)c3)cc2C1. The van der Waals surface area contributed by atoms with Gasteiger partial charge >= 0.3 is 6.09 Å². The lowest BCUT2D eigenvalue weighted by molar-refractivity contribution is 0.00196. The summed E-state index contributed by atoms with van der Waals surface area (Å²) in [5, 5.41) is 11.8. The third-order valence-corrected chi connectivity index (χ3v) is 13.0. The molecule has 5 nitrogen and oxygen atoms in total. The Hall–Kier alpha value is -2.80. The van der Waals surface area contributed by atoms with E-state index in [1.807, 2.05) is 39.0 Å². The van der Waals surface area contributed by atoms with E-state index >= 15 is 0 Å². The van der Waals surface area contributed by atoms with Crippen LogP contribution in [-0.2, 0) is 17.6 Å². The lowest BCUT2D eigenvalue weighted by Gasteiger charge is -2.37. The van der Waals surface area contributed by atoms with Crippen LogP contribution in [-0.4, -0.2) is 42.6 Å². The standard InChI is InChI=1S/C35H46ClNO4Si/c1-34(2,3)40-33(39)37(23-32(38)27-12-9-13-29(36)20-27)30-18-17-24-15-16-26(19-28(24)21-30)25-11-10-14-31(22-25)41-42(7,8)35(4,5)6/h9-16,19-20,22,30,32,38H,17-18,21,23H2,1-8H3. The molecular weight excluding hydrogens is 562 g/mol. The van der Waals surface area contributed by atoms with Crippen molar-refractivity contribution in [2.45, 2.75) is 96.7 Å². The molecule has 2 unspecified atom stereocenters. The van der Waals surface area contributed by atoms with E-state index in [1.54, 1.807) is 17.0 Å². The highest BCUT2D eigenvalue weighted by molar-refractivity contribution is 6.74. The smallest absolute Gasteiger partial charge is 0.410 e. The van der Waals surface area contributed by atoms with Crippen LogP contribution in [0.15, 0.2) is 66.7 Å². The Bertz CT molecular complexity index is 1410. The van der Waals surface area contributed by atoms with Crippen LogP contribution in [0.2, 0.25) is 23.2 Å². The minimum Gasteiger partial charge on any atom is -0.543 e. The molecule has 0 fully saturated rings.